The summed E-state index contributed by atoms with van der Waals surface area (Å²) in [6.07, 6.45) is 0.619. The second kappa shape index (κ2) is 6.24. The van der Waals surface area contributed by atoms with E-state index >= 15 is 0 Å². The van der Waals surface area contributed by atoms with E-state index in [0.29, 0.717) is 0 Å². The number of likely N-dealkylation sites (tertiary alicyclic amines) is 1. The van der Waals surface area contributed by atoms with Crippen LogP contribution in [0.15, 0.2) is 0 Å². The van der Waals surface area contributed by atoms with Crippen LogP contribution in [0.2, 0.25) is 0 Å². The van der Waals surface area contributed by atoms with Gasteiger partial charge in [-0.1, -0.05) is 0 Å². The summed E-state index contributed by atoms with van der Waals surface area (Å²) in [4.78, 5) is 12.0. The molecule has 0 saturated carbocycles. The van der Waals surface area contributed by atoms with E-state index in [2.05, 4.69) is 8.37 Å². The van der Waals surface area contributed by atoms with Gasteiger partial charge in [-0.2, -0.15) is 16.8 Å². The van der Waals surface area contributed by atoms with Crippen molar-refractivity contribution in [3.8, 4) is 0 Å². The molecule has 0 bridgehead atoms. The molecule has 1 rings (SSSR count). The highest BCUT2D eigenvalue weighted by atomic mass is 32.2. The minimum atomic E-state index is -3.64. The molecule has 0 aromatic rings. The summed E-state index contributed by atoms with van der Waals surface area (Å²) in [5.41, 5.74) is 0. The van der Waals surface area contributed by atoms with Crippen LogP contribution in [0.4, 0.5) is 4.79 Å². The zero-order valence-corrected chi connectivity index (χ0v) is 12.7. The van der Waals surface area contributed by atoms with Crippen LogP contribution in [-0.4, -0.2) is 71.8 Å². The molecule has 1 aliphatic heterocycles. The number of carbonyl (C=O) groups is 1. The predicted octanol–water partition coefficient (Wildman–Crippen LogP) is -0.835. The van der Waals surface area contributed by atoms with Gasteiger partial charge in [0.1, 0.15) is 0 Å². The van der Waals surface area contributed by atoms with Gasteiger partial charge < -0.3 is 10.0 Å². The van der Waals surface area contributed by atoms with Gasteiger partial charge in [0.25, 0.3) is 20.2 Å². The van der Waals surface area contributed by atoms with Crippen molar-refractivity contribution in [2.24, 2.45) is 11.8 Å². The van der Waals surface area contributed by atoms with Gasteiger partial charge in [-0.05, 0) is 0 Å². The fourth-order valence-electron chi connectivity index (χ4n) is 1.89. The zero-order chi connectivity index (χ0) is 15.6. The number of carboxylic acid groups (broad SMARTS) is 1. The third-order valence-electron chi connectivity index (χ3n) is 2.84. The highest BCUT2D eigenvalue weighted by Gasteiger charge is 2.36. The van der Waals surface area contributed by atoms with Crippen LogP contribution in [0.25, 0.3) is 0 Å². The second-order valence-electron chi connectivity index (χ2n) is 4.69. The van der Waals surface area contributed by atoms with Crippen molar-refractivity contribution >= 4 is 26.3 Å². The van der Waals surface area contributed by atoms with E-state index in [1.807, 2.05) is 0 Å². The lowest BCUT2D eigenvalue weighted by Crippen LogP contribution is -2.27. The van der Waals surface area contributed by atoms with Gasteiger partial charge in [-0.15, -0.1) is 0 Å². The Morgan fingerprint density at radius 3 is 1.65 bits per heavy atom. The van der Waals surface area contributed by atoms with E-state index in [0.717, 1.165) is 17.4 Å². The summed E-state index contributed by atoms with van der Waals surface area (Å²) >= 11 is 0. The standard InChI is InChI=1S/C9H17NO8S2/c1-19(13,14)17-5-7-3-10(9(11)12)4-8(7)6-18-20(2,15)16/h7-8H,3-6H2,1-2H3,(H,11,12). The molecular weight excluding hydrogens is 314 g/mol. The lowest BCUT2D eigenvalue weighted by atomic mass is 9.98. The largest absolute Gasteiger partial charge is 0.465 e. The van der Waals surface area contributed by atoms with E-state index in [-0.39, 0.29) is 26.3 Å². The number of amides is 1. The van der Waals surface area contributed by atoms with E-state index in [4.69, 9.17) is 5.11 Å². The summed E-state index contributed by atoms with van der Waals surface area (Å²) in [6, 6.07) is 0. The Labute approximate surface area is 117 Å². The van der Waals surface area contributed by atoms with Crippen LogP contribution in [0.5, 0.6) is 0 Å². The third kappa shape index (κ3) is 6.03. The lowest BCUT2D eigenvalue weighted by Gasteiger charge is -2.16. The predicted molar refractivity (Wildman–Crippen MR) is 68.2 cm³/mol. The summed E-state index contributed by atoms with van der Waals surface area (Å²) in [7, 11) is -7.28. The van der Waals surface area contributed by atoms with Gasteiger partial charge in [-0.3, -0.25) is 8.37 Å². The highest BCUT2D eigenvalue weighted by Crippen LogP contribution is 2.25. The van der Waals surface area contributed by atoms with E-state index in [1.54, 1.807) is 0 Å². The molecule has 2 atom stereocenters. The Balaban J connectivity index is 2.68. The van der Waals surface area contributed by atoms with Crippen molar-refractivity contribution in [1.82, 2.24) is 4.90 Å². The average Bonchev–Trinajstić information content (AvgIpc) is 2.65. The number of hydrogen-bond acceptors (Lipinski definition) is 7. The average molecular weight is 331 g/mol. The monoisotopic (exact) mass is 331 g/mol. The van der Waals surface area contributed by atoms with Crippen LogP contribution in [0.1, 0.15) is 0 Å². The lowest BCUT2D eigenvalue weighted by molar-refractivity contribution is 0.151. The first-order valence-electron chi connectivity index (χ1n) is 5.64. The smallest absolute Gasteiger partial charge is 0.407 e. The zero-order valence-electron chi connectivity index (χ0n) is 11.1. The van der Waals surface area contributed by atoms with Gasteiger partial charge in [-0.25, -0.2) is 4.79 Å². The first-order valence-corrected chi connectivity index (χ1v) is 9.28. The Bertz CT molecular complexity index is 510. The number of nitrogens with zero attached hydrogens (tertiary/aromatic N) is 1. The molecular formula is C9H17NO8S2. The first-order chi connectivity index (χ1) is 8.98. The van der Waals surface area contributed by atoms with Crippen molar-refractivity contribution in [1.29, 1.82) is 0 Å². The molecule has 11 heteroatoms. The Morgan fingerprint density at radius 2 is 1.40 bits per heavy atom. The number of hydrogen-bond donors (Lipinski definition) is 1. The van der Waals surface area contributed by atoms with Gasteiger partial charge in [0.15, 0.2) is 0 Å². The number of rotatable bonds is 6. The molecule has 1 N–H and O–H groups in total. The van der Waals surface area contributed by atoms with E-state index < -0.39 is 38.2 Å². The Kier molecular flexibility index (Phi) is 5.35. The molecule has 1 heterocycles. The van der Waals surface area contributed by atoms with Crippen molar-refractivity contribution in [3.05, 3.63) is 0 Å². The van der Waals surface area contributed by atoms with Crippen molar-refractivity contribution in [2.75, 3.05) is 38.8 Å². The van der Waals surface area contributed by atoms with Crippen LogP contribution in [0, 0.1) is 11.8 Å². The van der Waals surface area contributed by atoms with Crippen molar-refractivity contribution < 1.29 is 35.1 Å². The maximum atomic E-state index is 10.9. The molecule has 1 aliphatic rings. The van der Waals surface area contributed by atoms with Gasteiger partial charge in [0.2, 0.25) is 0 Å². The van der Waals surface area contributed by atoms with Gasteiger partial charge in [0, 0.05) is 24.9 Å². The fraction of sp³-hybridized carbons (Fsp3) is 0.889. The Morgan fingerprint density at radius 1 is 1.05 bits per heavy atom. The molecule has 0 radical (unpaired) electrons. The summed E-state index contributed by atoms with van der Waals surface area (Å²) < 4.78 is 53.1. The molecule has 0 aromatic carbocycles. The van der Waals surface area contributed by atoms with Crippen molar-refractivity contribution in [2.45, 2.75) is 0 Å². The van der Waals surface area contributed by atoms with E-state index in [9.17, 15) is 21.6 Å². The highest BCUT2D eigenvalue weighted by molar-refractivity contribution is 7.86. The van der Waals surface area contributed by atoms with Crippen molar-refractivity contribution in [3.63, 3.8) is 0 Å². The van der Waals surface area contributed by atoms with Gasteiger partial charge in [0.05, 0.1) is 25.7 Å². The Hall–Kier alpha value is -0.910. The molecule has 0 aliphatic carbocycles. The topological polar surface area (TPSA) is 127 Å². The van der Waals surface area contributed by atoms with Crippen LogP contribution in [0.3, 0.4) is 0 Å². The van der Waals surface area contributed by atoms with Gasteiger partial charge >= 0.3 is 6.09 Å². The molecule has 1 amide bonds. The maximum absolute atomic E-state index is 10.9. The minimum absolute atomic E-state index is 0.0721. The maximum Gasteiger partial charge on any atom is 0.407 e. The molecule has 9 nitrogen and oxygen atoms in total. The molecule has 20 heavy (non-hydrogen) atoms. The summed E-state index contributed by atoms with van der Waals surface area (Å²) in [5, 5.41) is 8.91. The van der Waals surface area contributed by atoms with Crippen LogP contribution < -0.4 is 0 Å². The normalized spacial score (nSPS) is 24.0. The molecule has 118 valence electrons. The summed E-state index contributed by atoms with van der Waals surface area (Å²) in [6.45, 7) is -0.272. The molecule has 0 spiro atoms. The molecule has 2 unspecified atom stereocenters. The fourth-order valence-corrected chi connectivity index (χ4v) is 2.74. The minimum Gasteiger partial charge on any atom is -0.465 e. The van der Waals surface area contributed by atoms with Crippen LogP contribution >= 0.6 is 0 Å². The van der Waals surface area contributed by atoms with Crippen LogP contribution in [-0.2, 0) is 28.6 Å². The molecule has 0 aromatic heterocycles. The molecule has 1 saturated heterocycles. The summed E-state index contributed by atoms with van der Waals surface area (Å²) in [5.74, 6) is -0.884. The third-order valence-corrected chi connectivity index (χ3v) is 3.97. The van der Waals surface area contributed by atoms with E-state index in [1.165, 1.54) is 0 Å². The quantitative estimate of drug-likeness (QED) is 0.624. The first kappa shape index (κ1) is 17.1. The SMILES string of the molecule is CS(=O)(=O)OCC1CN(C(=O)O)CC1COS(C)(=O)=O. The molecule has 1 fully saturated rings. The second-order valence-corrected chi connectivity index (χ2v) is 7.97.